The van der Waals surface area contributed by atoms with Gasteiger partial charge < -0.3 is 21.1 Å². The molecule has 1 atom stereocenters. The Bertz CT molecular complexity index is 331. The molecule has 1 unspecified atom stereocenters. The number of amides is 3. The van der Waals surface area contributed by atoms with Gasteiger partial charge >= 0.3 is 6.03 Å². The summed E-state index contributed by atoms with van der Waals surface area (Å²) in [5.41, 5.74) is 5.12. The number of carbonyl (C=O) groups is 2. The fourth-order valence-electron chi connectivity index (χ4n) is 2.25. The Hall–Kier alpha value is -1.30. The van der Waals surface area contributed by atoms with Crippen LogP contribution in [0.4, 0.5) is 4.79 Å². The van der Waals surface area contributed by atoms with Crippen molar-refractivity contribution >= 4 is 11.9 Å². The van der Waals surface area contributed by atoms with Gasteiger partial charge in [0.15, 0.2) is 0 Å². The van der Waals surface area contributed by atoms with Gasteiger partial charge in [0.05, 0.1) is 5.92 Å². The average molecular weight is 271 g/mol. The predicted octanol–water partition coefficient (Wildman–Crippen LogP) is 0.302. The summed E-state index contributed by atoms with van der Waals surface area (Å²) in [5, 5.41) is 11.8. The number of hydrogen-bond acceptors (Lipinski definition) is 3. The molecule has 6 nitrogen and oxygen atoms in total. The van der Waals surface area contributed by atoms with Crippen molar-refractivity contribution in [3.05, 3.63) is 0 Å². The molecule has 19 heavy (non-hydrogen) atoms. The first-order chi connectivity index (χ1) is 8.85. The molecular formula is C13H25N3O3. The van der Waals surface area contributed by atoms with E-state index >= 15 is 0 Å². The Labute approximate surface area is 114 Å². The van der Waals surface area contributed by atoms with Gasteiger partial charge in [-0.15, -0.1) is 0 Å². The maximum atomic E-state index is 12.1. The van der Waals surface area contributed by atoms with Crippen LogP contribution in [0.15, 0.2) is 0 Å². The highest BCUT2D eigenvalue weighted by atomic mass is 16.3. The van der Waals surface area contributed by atoms with Crippen molar-refractivity contribution in [2.45, 2.75) is 33.1 Å². The Kier molecular flexibility index (Phi) is 5.60. The summed E-state index contributed by atoms with van der Waals surface area (Å²) < 4.78 is 0. The maximum Gasteiger partial charge on any atom is 0.314 e. The zero-order valence-corrected chi connectivity index (χ0v) is 11.8. The Morgan fingerprint density at radius 3 is 2.74 bits per heavy atom. The lowest BCUT2D eigenvalue weighted by Gasteiger charge is -2.32. The molecule has 0 bridgehead atoms. The van der Waals surface area contributed by atoms with Gasteiger partial charge in [0.25, 0.3) is 0 Å². The lowest BCUT2D eigenvalue weighted by atomic mass is 9.89. The minimum absolute atomic E-state index is 0.0306. The van der Waals surface area contributed by atoms with Crippen molar-refractivity contribution in [3.8, 4) is 0 Å². The summed E-state index contributed by atoms with van der Waals surface area (Å²) in [6.07, 6.45) is 2.24. The van der Waals surface area contributed by atoms with Crippen LogP contribution in [0.5, 0.6) is 0 Å². The van der Waals surface area contributed by atoms with E-state index < -0.39 is 6.03 Å². The monoisotopic (exact) mass is 271 g/mol. The molecule has 1 aliphatic rings. The second-order valence-corrected chi connectivity index (χ2v) is 5.98. The van der Waals surface area contributed by atoms with Crippen molar-refractivity contribution < 1.29 is 14.7 Å². The number of aliphatic hydroxyl groups is 1. The lowest BCUT2D eigenvalue weighted by Crippen LogP contribution is -2.48. The highest BCUT2D eigenvalue weighted by molar-refractivity contribution is 5.80. The van der Waals surface area contributed by atoms with Gasteiger partial charge in [0.1, 0.15) is 0 Å². The van der Waals surface area contributed by atoms with E-state index in [1.54, 1.807) is 0 Å². The van der Waals surface area contributed by atoms with Crippen molar-refractivity contribution in [3.63, 3.8) is 0 Å². The largest absolute Gasteiger partial charge is 0.396 e. The number of primary amides is 1. The minimum Gasteiger partial charge on any atom is -0.396 e. The molecule has 0 aromatic rings. The molecule has 0 spiro atoms. The normalized spacial score (nSPS) is 20.2. The van der Waals surface area contributed by atoms with Gasteiger partial charge in [0, 0.05) is 26.2 Å². The predicted molar refractivity (Wildman–Crippen MR) is 72.4 cm³/mol. The zero-order chi connectivity index (χ0) is 14.5. The molecule has 6 heteroatoms. The molecule has 0 aliphatic carbocycles. The number of likely N-dealkylation sites (tertiary alicyclic amines) is 1. The molecule has 1 rings (SSSR count). The Morgan fingerprint density at radius 2 is 2.16 bits per heavy atom. The fraction of sp³-hybridized carbons (Fsp3) is 0.846. The number of nitrogens with two attached hydrogens (primary N) is 1. The third-order valence-electron chi connectivity index (χ3n) is 3.63. The van der Waals surface area contributed by atoms with Crippen LogP contribution in [-0.2, 0) is 4.79 Å². The van der Waals surface area contributed by atoms with Gasteiger partial charge in [0.2, 0.25) is 5.91 Å². The third kappa shape index (κ3) is 5.06. The number of piperidine rings is 1. The highest BCUT2D eigenvalue weighted by Gasteiger charge is 2.28. The molecule has 1 aliphatic heterocycles. The van der Waals surface area contributed by atoms with Crippen LogP contribution in [-0.4, -0.2) is 48.2 Å². The molecule has 1 heterocycles. The van der Waals surface area contributed by atoms with Gasteiger partial charge in [-0.2, -0.15) is 0 Å². The summed E-state index contributed by atoms with van der Waals surface area (Å²) in [6, 6.07) is -0.460. The summed E-state index contributed by atoms with van der Waals surface area (Å²) >= 11 is 0. The van der Waals surface area contributed by atoms with Crippen LogP contribution >= 0.6 is 0 Å². The molecule has 4 N–H and O–H groups in total. The van der Waals surface area contributed by atoms with Gasteiger partial charge in [-0.25, -0.2) is 4.79 Å². The number of hydrogen-bond donors (Lipinski definition) is 3. The third-order valence-corrected chi connectivity index (χ3v) is 3.63. The van der Waals surface area contributed by atoms with Crippen LogP contribution < -0.4 is 11.1 Å². The van der Waals surface area contributed by atoms with E-state index in [1.807, 2.05) is 13.8 Å². The first-order valence-corrected chi connectivity index (χ1v) is 6.79. The van der Waals surface area contributed by atoms with Crippen LogP contribution in [0.2, 0.25) is 0 Å². The number of nitrogens with zero attached hydrogens (tertiary/aromatic N) is 1. The molecule has 1 saturated heterocycles. The minimum atomic E-state index is -0.460. The topological polar surface area (TPSA) is 95.7 Å². The molecule has 0 saturated carbocycles. The van der Waals surface area contributed by atoms with Crippen LogP contribution in [0.3, 0.4) is 0 Å². The first kappa shape index (κ1) is 15.8. The van der Waals surface area contributed by atoms with E-state index in [9.17, 15) is 9.59 Å². The Morgan fingerprint density at radius 1 is 1.47 bits per heavy atom. The molecule has 0 radical (unpaired) electrons. The summed E-state index contributed by atoms with van der Waals surface area (Å²) in [7, 11) is 0. The second-order valence-electron chi connectivity index (χ2n) is 5.98. The smallest absolute Gasteiger partial charge is 0.314 e. The summed E-state index contributed by atoms with van der Waals surface area (Å²) in [4.78, 5) is 24.7. The lowest BCUT2D eigenvalue weighted by molar-refractivity contribution is -0.126. The van der Waals surface area contributed by atoms with Gasteiger partial charge in [-0.1, -0.05) is 13.8 Å². The number of nitrogens with one attached hydrogen (secondary N) is 1. The quantitative estimate of drug-likeness (QED) is 0.671. The van der Waals surface area contributed by atoms with Crippen molar-refractivity contribution in [2.24, 2.45) is 17.1 Å². The number of urea groups is 1. The fourth-order valence-corrected chi connectivity index (χ4v) is 2.25. The molecule has 3 amide bonds. The van der Waals surface area contributed by atoms with Crippen molar-refractivity contribution in [1.29, 1.82) is 0 Å². The molecule has 0 aromatic carbocycles. The maximum absolute atomic E-state index is 12.1. The summed E-state index contributed by atoms with van der Waals surface area (Å²) in [5.74, 6) is -0.205. The standard InChI is InChI=1S/C13H25N3O3/c1-13(2,5-7-17)9-15-11(18)10-4-3-6-16(8-10)12(14)19/h10,17H,3-9H2,1-2H3,(H2,14,19)(H,15,18). The number of aliphatic hydroxyl groups excluding tert-OH is 1. The molecule has 0 aromatic heterocycles. The van der Waals surface area contributed by atoms with Gasteiger partial charge in [-0.3, -0.25) is 4.79 Å². The van der Waals surface area contributed by atoms with Crippen LogP contribution in [0, 0.1) is 11.3 Å². The molecule has 1 fully saturated rings. The average Bonchev–Trinajstić information content (AvgIpc) is 2.36. The van der Waals surface area contributed by atoms with E-state index in [1.165, 1.54) is 4.90 Å². The zero-order valence-electron chi connectivity index (χ0n) is 11.8. The second kappa shape index (κ2) is 6.75. The van der Waals surface area contributed by atoms with E-state index in [0.717, 1.165) is 12.8 Å². The summed E-state index contributed by atoms with van der Waals surface area (Å²) in [6.45, 7) is 5.68. The molecular weight excluding hydrogens is 246 g/mol. The number of rotatable bonds is 5. The van der Waals surface area contributed by atoms with E-state index in [0.29, 0.717) is 26.1 Å². The van der Waals surface area contributed by atoms with Crippen LogP contribution in [0.1, 0.15) is 33.1 Å². The molecule has 110 valence electrons. The number of carbonyl (C=O) groups excluding carboxylic acids is 2. The van der Waals surface area contributed by atoms with E-state index in [2.05, 4.69) is 5.32 Å². The van der Waals surface area contributed by atoms with E-state index in [-0.39, 0.29) is 23.8 Å². The highest BCUT2D eigenvalue weighted by Crippen LogP contribution is 2.20. The van der Waals surface area contributed by atoms with Crippen LogP contribution in [0.25, 0.3) is 0 Å². The van der Waals surface area contributed by atoms with Gasteiger partial charge in [-0.05, 0) is 24.7 Å². The van der Waals surface area contributed by atoms with Crippen molar-refractivity contribution in [2.75, 3.05) is 26.2 Å². The van der Waals surface area contributed by atoms with Crippen molar-refractivity contribution in [1.82, 2.24) is 10.2 Å². The SMILES string of the molecule is CC(C)(CCO)CNC(=O)C1CCCN(C(N)=O)C1. The first-order valence-electron chi connectivity index (χ1n) is 6.79. The van der Waals surface area contributed by atoms with E-state index in [4.69, 9.17) is 10.8 Å². The Balaban J connectivity index is 2.43.